The fraction of sp³-hybridized carbons (Fsp3) is 0.118. The summed E-state index contributed by atoms with van der Waals surface area (Å²) in [6.07, 6.45) is 1.87. The topological polar surface area (TPSA) is 52.1 Å². The number of para-hydroxylation sites is 1. The predicted octanol–water partition coefficient (Wildman–Crippen LogP) is 4.32. The summed E-state index contributed by atoms with van der Waals surface area (Å²) in [5.41, 5.74) is 2.21. The first kappa shape index (κ1) is 15.7. The number of methoxy groups -OCH3 is 1. The number of ether oxygens (including phenoxy) is 1. The van der Waals surface area contributed by atoms with Gasteiger partial charge in [0.05, 0.1) is 19.0 Å². The number of fused-ring (bicyclic) bond motifs is 1. The van der Waals surface area contributed by atoms with Gasteiger partial charge in [0.2, 0.25) is 0 Å². The number of carbonyl (C=O) groups excluding carboxylic acids is 1. The van der Waals surface area contributed by atoms with Crippen LogP contribution in [-0.4, -0.2) is 23.0 Å². The molecular weight excluding hydrogens is 335 g/mol. The van der Waals surface area contributed by atoms with Crippen LogP contribution in [0.1, 0.15) is 5.56 Å². The summed E-state index contributed by atoms with van der Waals surface area (Å²) < 4.78 is 4.73. The van der Waals surface area contributed by atoms with Crippen molar-refractivity contribution < 1.29 is 9.53 Å². The van der Waals surface area contributed by atoms with E-state index >= 15 is 0 Å². The van der Waals surface area contributed by atoms with Gasteiger partial charge in [-0.25, -0.2) is 9.97 Å². The number of aromatic nitrogens is 2. The van der Waals surface area contributed by atoms with E-state index in [4.69, 9.17) is 27.9 Å². The standard InChI is InChI=1S/C17H12Cl2N2O2/c1-23-15(22)7-10-3-2-4-11-9-20-17(21-16(10)11)12-5-13(18)8-14(19)6-12/h2-6,8-9H,7H2,1H3. The van der Waals surface area contributed by atoms with Crippen LogP contribution in [0.5, 0.6) is 0 Å². The van der Waals surface area contributed by atoms with Gasteiger partial charge in [0.1, 0.15) is 0 Å². The summed E-state index contributed by atoms with van der Waals surface area (Å²) in [6, 6.07) is 10.7. The normalized spacial score (nSPS) is 10.7. The molecule has 0 aliphatic carbocycles. The van der Waals surface area contributed by atoms with E-state index in [0.717, 1.165) is 16.5 Å². The maximum Gasteiger partial charge on any atom is 0.310 e. The number of rotatable bonds is 3. The van der Waals surface area contributed by atoms with Crippen molar-refractivity contribution >= 4 is 40.1 Å². The predicted molar refractivity (Wildman–Crippen MR) is 90.7 cm³/mol. The molecule has 23 heavy (non-hydrogen) atoms. The maximum atomic E-state index is 11.6. The van der Waals surface area contributed by atoms with Crippen LogP contribution in [0.3, 0.4) is 0 Å². The van der Waals surface area contributed by atoms with E-state index in [2.05, 4.69) is 9.97 Å². The van der Waals surface area contributed by atoms with Gasteiger partial charge in [-0.15, -0.1) is 0 Å². The molecule has 0 atom stereocenters. The van der Waals surface area contributed by atoms with Crippen LogP contribution in [0, 0.1) is 0 Å². The number of esters is 1. The van der Waals surface area contributed by atoms with E-state index in [1.807, 2.05) is 18.2 Å². The van der Waals surface area contributed by atoms with Crippen LogP contribution in [0.2, 0.25) is 10.0 Å². The van der Waals surface area contributed by atoms with Gasteiger partial charge in [0.25, 0.3) is 0 Å². The molecule has 0 amide bonds. The smallest absolute Gasteiger partial charge is 0.310 e. The molecule has 0 saturated heterocycles. The van der Waals surface area contributed by atoms with E-state index in [9.17, 15) is 4.79 Å². The number of benzene rings is 2. The van der Waals surface area contributed by atoms with Gasteiger partial charge in [0, 0.05) is 27.2 Å². The zero-order valence-corrected chi connectivity index (χ0v) is 13.7. The molecule has 0 aliphatic rings. The molecule has 0 spiro atoms. The highest BCUT2D eigenvalue weighted by molar-refractivity contribution is 6.35. The lowest BCUT2D eigenvalue weighted by Crippen LogP contribution is -2.05. The van der Waals surface area contributed by atoms with Crippen LogP contribution >= 0.6 is 23.2 Å². The molecule has 4 nitrogen and oxygen atoms in total. The second kappa shape index (κ2) is 6.52. The lowest BCUT2D eigenvalue weighted by Gasteiger charge is -2.07. The highest BCUT2D eigenvalue weighted by atomic mass is 35.5. The van der Waals surface area contributed by atoms with Crippen LogP contribution in [0.15, 0.2) is 42.6 Å². The number of hydrogen-bond donors (Lipinski definition) is 0. The molecule has 6 heteroatoms. The Kier molecular flexibility index (Phi) is 4.46. The van der Waals surface area contributed by atoms with Gasteiger partial charge in [-0.1, -0.05) is 41.4 Å². The minimum absolute atomic E-state index is 0.153. The van der Waals surface area contributed by atoms with Crippen molar-refractivity contribution in [3.05, 3.63) is 58.2 Å². The fourth-order valence-corrected chi connectivity index (χ4v) is 2.84. The first-order chi connectivity index (χ1) is 11.1. The average Bonchev–Trinajstić information content (AvgIpc) is 2.53. The lowest BCUT2D eigenvalue weighted by molar-refractivity contribution is -0.139. The molecule has 3 aromatic rings. The Morgan fingerprint density at radius 1 is 1.17 bits per heavy atom. The molecule has 0 aliphatic heterocycles. The van der Waals surface area contributed by atoms with E-state index in [0.29, 0.717) is 21.4 Å². The van der Waals surface area contributed by atoms with E-state index in [1.165, 1.54) is 7.11 Å². The largest absolute Gasteiger partial charge is 0.469 e. The molecule has 0 radical (unpaired) electrons. The van der Waals surface area contributed by atoms with E-state index < -0.39 is 0 Å². The molecular formula is C17H12Cl2N2O2. The third-order valence-electron chi connectivity index (χ3n) is 3.38. The molecule has 0 saturated carbocycles. The number of carbonyl (C=O) groups is 1. The lowest BCUT2D eigenvalue weighted by atomic mass is 10.1. The van der Waals surface area contributed by atoms with E-state index in [-0.39, 0.29) is 12.4 Å². The summed E-state index contributed by atoms with van der Waals surface area (Å²) in [7, 11) is 1.36. The van der Waals surface area contributed by atoms with Crippen molar-refractivity contribution in [1.82, 2.24) is 9.97 Å². The third kappa shape index (κ3) is 3.44. The monoisotopic (exact) mass is 346 g/mol. The molecule has 0 bridgehead atoms. The Labute approximate surface area is 143 Å². The van der Waals surface area contributed by atoms with Gasteiger partial charge in [-0.05, 0) is 23.8 Å². The molecule has 0 fully saturated rings. The zero-order chi connectivity index (χ0) is 16.4. The summed E-state index contributed by atoms with van der Waals surface area (Å²) in [5.74, 6) is 0.183. The molecule has 0 N–H and O–H groups in total. The van der Waals surface area contributed by atoms with Crippen molar-refractivity contribution in [2.24, 2.45) is 0 Å². The average molecular weight is 347 g/mol. The van der Waals surface area contributed by atoms with Crippen molar-refractivity contribution in [1.29, 1.82) is 0 Å². The Morgan fingerprint density at radius 2 is 1.91 bits per heavy atom. The minimum Gasteiger partial charge on any atom is -0.469 e. The van der Waals surface area contributed by atoms with Gasteiger partial charge in [-0.3, -0.25) is 4.79 Å². The maximum absolute atomic E-state index is 11.6. The van der Waals surface area contributed by atoms with E-state index in [1.54, 1.807) is 24.4 Å². The Hall–Kier alpha value is -2.17. The summed E-state index contributed by atoms with van der Waals surface area (Å²) >= 11 is 12.1. The van der Waals surface area contributed by atoms with Crippen LogP contribution < -0.4 is 0 Å². The highest BCUT2D eigenvalue weighted by Gasteiger charge is 2.11. The van der Waals surface area contributed by atoms with Crippen LogP contribution in [0.4, 0.5) is 0 Å². The molecule has 1 heterocycles. The summed E-state index contributed by atoms with van der Waals surface area (Å²) in [4.78, 5) is 20.5. The molecule has 3 rings (SSSR count). The first-order valence-corrected chi connectivity index (χ1v) is 7.60. The van der Waals surface area contributed by atoms with Gasteiger partial charge >= 0.3 is 5.97 Å². The highest BCUT2D eigenvalue weighted by Crippen LogP contribution is 2.27. The SMILES string of the molecule is COC(=O)Cc1cccc2cnc(-c3cc(Cl)cc(Cl)c3)nc12. The first-order valence-electron chi connectivity index (χ1n) is 6.85. The fourth-order valence-electron chi connectivity index (χ4n) is 2.31. The Bertz CT molecular complexity index is 877. The van der Waals surface area contributed by atoms with Gasteiger partial charge in [0.15, 0.2) is 5.82 Å². The van der Waals surface area contributed by atoms with Crippen molar-refractivity contribution in [2.75, 3.05) is 7.11 Å². The van der Waals surface area contributed by atoms with Crippen LogP contribution in [0.25, 0.3) is 22.3 Å². The quantitative estimate of drug-likeness (QED) is 0.662. The van der Waals surface area contributed by atoms with Crippen molar-refractivity contribution in [2.45, 2.75) is 6.42 Å². The zero-order valence-electron chi connectivity index (χ0n) is 12.2. The molecule has 1 aromatic heterocycles. The number of hydrogen-bond acceptors (Lipinski definition) is 4. The number of nitrogens with zero attached hydrogens (tertiary/aromatic N) is 2. The second-order valence-electron chi connectivity index (χ2n) is 4.96. The second-order valence-corrected chi connectivity index (χ2v) is 5.83. The Morgan fingerprint density at radius 3 is 2.61 bits per heavy atom. The molecule has 2 aromatic carbocycles. The summed E-state index contributed by atoms with van der Waals surface area (Å²) in [6.45, 7) is 0. The van der Waals surface area contributed by atoms with Gasteiger partial charge < -0.3 is 4.74 Å². The summed E-state index contributed by atoms with van der Waals surface area (Å²) in [5, 5.41) is 1.88. The molecule has 116 valence electrons. The third-order valence-corrected chi connectivity index (χ3v) is 3.81. The Balaban J connectivity index is 2.13. The van der Waals surface area contributed by atoms with Crippen molar-refractivity contribution in [3.63, 3.8) is 0 Å². The molecule has 0 unspecified atom stereocenters. The van der Waals surface area contributed by atoms with Gasteiger partial charge in [-0.2, -0.15) is 0 Å². The van der Waals surface area contributed by atoms with Crippen LogP contribution in [-0.2, 0) is 16.0 Å². The minimum atomic E-state index is -0.316. The number of halogens is 2. The van der Waals surface area contributed by atoms with Crippen molar-refractivity contribution in [3.8, 4) is 11.4 Å².